The molecule has 86 valence electrons. The quantitative estimate of drug-likeness (QED) is 0.624. The number of methoxy groups -OCH3 is 3. The molecule has 0 bridgehead atoms. The molecule has 0 amide bonds. The lowest BCUT2D eigenvalue weighted by atomic mass is 10.1. The molecular formula is C9H12N4O3. The number of rotatable bonds is 4. The fraction of sp³-hybridized carbons (Fsp3) is 0.556. The number of fused-ring (bicyclic) bond motifs is 1. The highest BCUT2D eigenvalue weighted by atomic mass is 16.9. The standard InChI is InChI=1S/C9H12N4O3/c1-14-9(15-2,16-3)7-6-8(12-4-10-6)13-5-11-7/h4-6H,1-3H3. The monoisotopic (exact) mass is 224 g/mol. The summed E-state index contributed by atoms with van der Waals surface area (Å²) in [6.45, 7) is 0. The minimum absolute atomic E-state index is 0.398. The van der Waals surface area contributed by atoms with Crippen molar-refractivity contribution in [1.29, 1.82) is 0 Å². The van der Waals surface area contributed by atoms with Gasteiger partial charge in [-0.2, -0.15) is 0 Å². The lowest BCUT2D eigenvalue weighted by Crippen LogP contribution is -2.51. The maximum atomic E-state index is 5.22. The molecule has 0 aliphatic carbocycles. The van der Waals surface area contributed by atoms with Gasteiger partial charge in [0.25, 0.3) is 0 Å². The van der Waals surface area contributed by atoms with E-state index in [-0.39, 0.29) is 0 Å². The number of hydrogen-bond acceptors (Lipinski definition) is 7. The molecule has 2 heterocycles. The summed E-state index contributed by atoms with van der Waals surface area (Å²) in [4.78, 5) is 16.3. The average molecular weight is 224 g/mol. The molecule has 1 unspecified atom stereocenters. The minimum Gasteiger partial charge on any atom is -0.326 e. The van der Waals surface area contributed by atoms with Crippen LogP contribution in [0.25, 0.3) is 0 Å². The molecule has 7 heteroatoms. The highest BCUT2D eigenvalue weighted by molar-refractivity contribution is 6.22. The van der Waals surface area contributed by atoms with Crippen molar-refractivity contribution < 1.29 is 14.2 Å². The van der Waals surface area contributed by atoms with Crippen molar-refractivity contribution in [3.05, 3.63) is 0 Å². The van der Waals surface area contributed by atoms with E-state index in [2.05, 4.69) is 20.0 Å². The first kappa shape index (κ1) is 11.1. The molecule has 2 rings (SSSR count). The molecule has 0 aromatic rings. The van der Waals surface area contributed by atoms with Crippen LogP contribution in [0.3, 0.4) is 0 Å². The van der Waals surface area contributed by atoms with Crippen LogP contribution in [0.1, 0.15) is 0 Å². The molecule has 7 nitrogen and oxygen atoms in total. The maximum absolute atomic E-state index is 5.22. The summed E-state index contributed by atoms with van der Waals surface area (Å²) in [6.07, 6.45) is 2.81. The number of ether oxygens (including phenoxy) is 3. The second-order valence-corrected chi connectivity index (χ2v) is 3.08. The Morgan fingerprint density at radius 2 is 1.75 bits per heavy atom. The molecule has 16 heavy (non-hydrogen) atoms. The molecule has 0 radical (unpaired) electrons. The van der Waals surface area contributed by atoms with Crippen LogP contribution in [-0.2, 0) is 14.2 Å². The molecule has 0 fully saturated rings. The molecule has 2 aliphatic heterocycles. The summed E-state index contributed by atoms with van der Waals surface area (Å²) in [5, 5.41) is 0. The molecule has 2 aliphatic rings. The molecule has 1 atom stereocenters. The topological polar surface area (TPSA) is 77.1 Å². The van der Waals surface area contributed by atoms with Crippen molar-refractivity contribution in [2.45, 2.75) is 12.0 Å². The Hall–Kier alpha value is -1.44. The average Bonchev–Trinajstić information content (AvgIpc) is 2.81. The SMILES string of the molecule is COC(OC)(OC)C1=NC=NC2=NC=NC21. The summed E-state index contributed by atoms with van der Waals surface area (Å²) in [7, 11) is 4.41. The van der Waals surface area contributed by atoms with Crippen LogP contribution < -0.4 is 0 Å². The summed E-state index contributed by atoms with van der Waals surface area (Å²) in [5.41, 5.74) is 0.475. The number of nitrogens with zero attached hydrogens (tertiary/aromatic N) is 4. The van der Waals surface area contributed by atoms with Gasteiger partial charge in [-0.3, -0.25) is 4.99 Å². The Morgan fingerprint density at radius 3 is 2.38 bits per heavy atom. The van der Waals surface area contributed by atoms with Gasteiger partial charge in [0.05, 0.1) is 0 Å². The third kappa shape index (κ3) is 1.49. The van der Waals surface area contributed by atoms with Crippen molar-refractivity contribution in [3.8, 4) is 0 Å². The molecule has 0 aromatic carbocycles. The highest BCUT2D eigenvalue weighted by Gasteiger charge is 2.45. The summed E-state index contributed by atoms with van der Waals surface area (Å²) in [5.74, 6) is -0.792. The fourth-order valence-corrected chi connectivity index (χ4v) is 1.62. The largest absolute Gasteiger partial charge is 0.327 e. The van der Waals surface area contributed by atoms with Gasteiger partial charge in [0.1, 0.15) is 18.4 Å². The molecule has 0 saturated heterocycles. The lowest BCUT2D eigenvalue weighted by molar-refractivity contribution is -0.303. The van der Waals surface area contributed by atoms with E-state index in [0.29, 0.717) is 11.5 Å². The molecule has 0 aromatic heterocycles. The lowest BCUT2D eigenvalue weighted by Gasteiger charge is -2.32. The smallest absolute Gasteiger partial charge is 0.326 e. The summed E-state index contributed by atoms with van der Waals surface area (Å²) < 4.78 is 15.7. The van der Waals surface area contributed by atoms with Gasteiger partial charge in [-0.25, -0.2) is 15.0 Å². The Bertz CT molecular complexity index is 387. The number of amidine groups is 1. The zero-order valence-corrected chi connectivity index (χ0v) is 9.25. The van der Waals surface area contributed by atoms with Crippen molar-refractivity contribution >= 4 is 24.2 Å². The van der Waals surface area contributed by atoms with Gasteiger partial charge in [-0.05, 0) is 0 Å². The Morgan fingerprint density at radius 1 is 1.06 bits per heavy atom. The zero-order valence-electron chi connectivity index (χ0n) is 9.25. The second kappa shape index (κ2) is 4.20. The van der Waals surface area contributed by atoms with Crippen LogP contribution in [0.5, 0.6) is 0 Å². The third-order valence-corrected chi connectivity index (χ3v) is 2.42. The number of hydrogen-bond donors (Lipinski definition) is 0. The summed E-state index contributed by atoms with van der Waals surface area (Å²) in [6, 6.07) is -0.398. The van der Waals surface area contributed by atoms with Crippen LogP contribution in [-0.4, -0.2) is 57.6 Å². The fourth-order valence-electron chi connectivity index (χ4n) is 1.62. The van der Waals surface area contributed by atoms with Crippen LogP contribution in [0.2, 0.25) is 0 Å². The van der Waals surface area contributed by atoms with Crippen molar-refractivity contribution in [2.24, 2.45) is 20.0 Å². The Kier molecular flexibility index (Phi) is 2.90. The third-order valence-electron chi connectivity index (χ3n) is 2.42. The van der Waals surface area contributed by atoms with E-state index in [1.165, 1.54) is 34.0 Å². The normalized spacial score (nSPS) is 23.1. The first-order valence-electron chi connectivity index (χ1n) is 4.63. The van der Waals surface area contributed by atoms with E-state index in [1.54, 1.807) is 0 Å². The molecule has 0 N–H and O–H groups in total. The van der Waals surface area contributed by atoms with Crippen LogP contribution >= 0.6 is 0 Å². The van der Waals surface area contributed by atoms with Crippen LogP contribution in [0.15, 0.2) is 20.0 Å². The van der Waals surface area contributed by atoms with Gasteiger partial charge in [0.15, 0.2) is 11.9 Å². The summed E-state index contributed by atoms with van der Waals surface area (Å²) >= 11 is 0. The van der Waals surface area contributed by atoms with E-state index >= 15 is 0 Å². The number of aliphatic imine (C=N–C) groups is 4. The van der Waals surface area contributed by atoms with Gasteiger partial charge in [0, 0.05) is 21.3 Å². The van der Waals surface area contributed by atoms with Gasteiger partial charge in [-0.15, -0.1) is 0 Å². The van der Waals surface area contributed by atoms with Gasteiger partial charge in [-0.1, -0.05) is 0 Å². The van der Waals surface area contributed by atoms with E-state index in [1.807, 2.05) is 0 Å². The maximum Gasteiger partial charge on any atom is 0.327 e. The van der Waals surface area contributed by atoms with E-state index in [4.69, 9.17) is 14.2 Å². The van der Waals surface area contributed by atoms with Crippen molar-refractivity contribution in [2.75, 3.05) is 21.3 Å². The predicted octanol–water partition coefficient (Wildman–Crippen LogP) is -0.129. The first-order valence-corrected chi connectivity index (χ1v) is 4.63. The highest BCUT2D eigenvalue weighted by Crippen LogP contribution is 2.22. The first-order chi connectivity index (χ1) is 7.77. The van der Waals surface area contributed by atoms with Gasteiger partial charge < -0.3 is 14.2 Å². The van der Waals surface area contributed by atoms with E-state index in [0.717, 1.165) is 0 Å². The molecule has 0 spiro atoms. The van der Waals surface area contributed by atoms with Crippen molar-refractivity contribution in [3.63, 3.8) is 0 Å². The minimum atomic E-state index is -1.35. The Balaban J connectivity index is 2.39. The van der Waals surface area contributed by atoms with E-state index in [9.17, 15) is 0 Å². The zero-order chi connectivity index (χ0) is 11.6. The van der Waals surface area contributed by atoms with E-state index < -0.39 is 12.0 Å². The second-order valence-electron chi connectivity index (χ2n) is 3.08. The molecule has 0 saturated carbocycles. The van der Waals surface area contributed by atoms with Crippen LogP contribution in [0.4, 0.5) is 0 Å². The van der Waals surface area contributed by atoms with Crippen molar-refractivity contribution in [1.82, 2.24) is 0 Å². The Labute approximate surface area is 92.6 Å². The van der Waals surface area contributed by atoms with Crippen LogP contribution in [0, 0.1) is 0 Å². The van der Waals surface area contributed by atoms with Gasteiger partial charge >= 0.3 is 5.97 Å². The predicted molar refractivity (Wildman–Crippen MR) is 59.4 cm³/mol. The molecular weight excluding hydrogens is 212 g/mol. The van der Waals surface area contributed by atoms with Gasteiger partial charge in [0.2, 0.25) is 0 Å².